The molecular formula is C25H29F3N2O3. The molecule has 1 aromatic heterocycles. The van der Waals surface area contributed by atoms with E-state index in [9.17, 15) is 28.2 Å². The minimum absolute atomic E-state index is 0.0132. The van der Waals surface area contributed by atoms with Crippen LogP contribution in [0.5, 0.6) is 0 Å². The summed E-state index contributed by atoms with van der Waals surface area (Å²) in [6.07, 6.45) is 3.43. The molecule has 1 aromatic carbocycles. The summed E-state index contributed by atoms with van der Waals surface area (Å²) in [4.78, 5) is 19.4. The van der Waals surface area contributed by atoms with Crippen LogP contribution in [0, 0.1) is 0 Å². The second-order valence-electron chi connectivity index (χ2n) is 9.50. The lowest BCUT2D eigenvalue weighted by Crippen LogP contribution is -2.47. The van der Waals surface area contributed by atoms with Crippen molar-refractivity contribution in [1.82, 2.24) is 9.88 Å². The van der Waals surface area contributed by atoms with Crippen molar-refractivity contribution < 1.29 is 28.2 Å². The van der Waals surface area contributed by atoms with Crippen molar-refractivity contribution in [1.29, 1.82) is 0 Å². The predicted molar refractivity (Wildman–Crippen MR) is 117 cm³/mol. The molecule has 2 saturated carbocycles. The van der Waals surface area contributed by atoms with E-state index in [1.54, 1.807) is 12.4 Å². The van der Waals surface area contributed by atoms with Crippen LogP contribution in [-0.2, 0) is 11.0 Å². The Kier molecular flexibility index (Phi) is 6.26. The summed E-state index contributed by atoms with van der Waals surface area (Å²) in [5.41, 5.74) is -2.33. The van der Waals surface area contributed by atoms with Gasteiger partial charge in [0.15, 0.2) is 5.60 Å². The standard InChI is InChI=1S/C25H29F3N2O3/c1-23(33,25(26,27)28)18-6-4-17(5-7-18)22(32)30(20-8-9-20)21-10-12-24(16-31,13-11-21)19-3-2-14-29-15-19/h2-7,14-15,20-21,31,33H,8-13,16H2,1H3/t21-,23-,24+/m0/s1. The van der Waals surface area contributed by atoms with Gasteiger partial charge < -0.3 is 15.1 Å². The maximum atomic E-state index is 13.4. The summed E-state index contributed by atoms with van der Waals surface area (Å²) in [5, 5.41) is 20.1. The Labute approximate surface area is 191 Å². The highest BCUT2D eigenvalue weighted by Gasteiger charge is 2.51. The zero-order valence-corrected chi connectivity index (χ0v) is 18.6. The Morgan fingerprint density at radius 2 is 1.70 bits per heavy atom. The number of carbonyl (C=O) groups is 1. The van der Waals surface area contributed by atoms with Gasteiger partial charge in [-0.15, -0.1) is 0 Å². The fourth-order valence-electron chi connectivity index (χ4n) is 4.88. The summed E-state index contributed by atoms with van der Waals surface area (Å²) in [6, 6.07) is 9.06. The van der Waals surface area contributed by atoms with Crippen molar-refractivity contribution in [2.45, 2.75) is 74.7 Å². The number of nitrogens with zero attached hydrogens (tertiary/aromatic N) is 2. The van der Waals surface area contributed by atoms with Gasteiger partial charge in [0.1, 0.15) is 0 Å². The lowest BCUT2D eigenvalue weighted by molar-refractivity contribution is -0.258. The third kappa shape index (κ3) is 4.51. The molecule has 1 heterocycles. The third-order valence-electron chi connectivity index (χ3n) is 7.30. The summed E-state index contributed by atoms with van der Waals surface area (Å²) >= 11 is 0. The van der Waals surface area contributed by atoms with Crippen LogP contribution in [0.1, 0.15) is 66.9 Å². The van der Waals surface area contributed by atoms with Crippen LogP contribution >= 0.6 is 0 Å². The molecule has 178 valence electrons. The van der Waals surface area contributed by atoms with Crippen LogP contribution in [0.25, 0.3) is 0 Å². The van der Waals surface area contributed by atoms with Crippen LogP contribution in [-0.4, -0.2) is 50.9 Å². The van der Waals surface area contributed by atoms with Crippen molar-refractivity contribution in [2.24, 2.45) is 0 Å². The highest BCUT2D eigenvalue weighted by Crippen LogP contribution is 2.43. The van der Waals surface area contributed by atoms with E-state index in [4.69, 9.17) is 0 Å². The molecule has 0 bridgehead atoms. The molecule has 8 heteroatoms. The fourth-order valence-corrected chi connectivity index (χ4v) is 4.88. The number of aliphatic hydroxyl groups excluding tert-OH is 1. The van der Waals surface area contributed by atoms with Crippen molar-refractivity contribution >= 4 is 5.91 Å². The number of hydrogen-bond donors (Lipinski definition) is 2. The van der Waals surface area contributed by atoms with Gasteiger partial charge in [-0.1, -0.05) is 18.2 Å². The van der Waals surface area contributed by atoms with E-state index in [1.165, 1.54) is 24.3 Å². The zero-order chi connectivity index (χ0) is 23.9. The molecule has 33 heavy (non-hydrogen) atoms. The molecule has 2 aliphatic carbocycles. The van der Waals surface area contributed by atoms with Crippen LogP contribution in [0.4, 0.5) is 13.2 Å². The Morgan fingerprint density at radius 1 is 1.09 bits per heavy atom. The number of pyridine rings is 1. The van der Waals surface area contributed by atoms with Gasteiger partial charge in [0, 0.05) is 35.5 Å². The van der Waals surface area contributed by atoms with Crippen molar-refractivity contribution in [2.75, 3.05) is 6.61 Å². The molecule has 5 nitrogen and oxygen atoms in total. The number of halogens is 3. The average molecular weight is 463 g/mol. The minimum atomic E-state index is -4.81. The molecule has 2 aromatic rings. The van der Waals surface area contributed by atoms with Crippen LogP contribution in [0.15, 0.2) is 48.8 Å². The van der Waals surface area contributed by atoms with Crippen molar-refractivity contribution in [3.8, 4) is 0 Å². The fraction of sp³-hybridized carbons (Fsp3) is 0.520. The molecule has 2 N–H and O–H groups in total. The first-order chi connectivity index (χ1) is 15.6. The van der Waals surface area contributed by atoms with Gasteiger partial charge in [-0.05, 0) is 74.8 Å². The van der Waals surface area contributed by atoms with Gasteiger partial charge in [0.05, 0.1) is 6.61 Å². The molecule has 0 unspecified atom stereocenters. The first-order valence-electron chi connectivity index (χ1n) is 11.3. The number of hydrogen-bond acceptors (Lipinski definition) is 4. The average Bonchev–Trinajstić information content (AvgIpc) is 3.65. The highest BCUT2D eigenvalue weighted by molar-refractivity contribution is 5.95. The number of amides is 1. The van der Waals surface area contributed by atoms with Gasteiger partial charge in [0.2, 0.25) is 0 Å². The molecule has 0 spiro atoms. The second-order valence-corrected chi connectivity index (χ2v) is 9.50. The molecule has 2 aliphatic rings. The Hall–Kier alpha value is -2.45. The van der Waals surface area contributed by atoms with E-state index in [-0.39, 0.29) is 35.6 Å². The number of alkyl halides is 3. The van der Waals surface area contributed by atoms with Crippen molar-refractivity contribution in [3.63, 3.8) is 0 Å². The molecule has 0 saturated heterocycles. The third-order valence-corrected chi connectivity index (χ3v) is 7.30. The summed E-state index contributed by atoms with van der Waals surface area (Å²) in [5.74, 6) is -0.196. The van der Waals surface area contributed by atoms with E-state index in [2.05, 4.69) is 4.98 Å². The molecule has 0 aliphatic heterocycles. The van der Waals surface area contributed by atoms with Gasteiger partial charge in [-0.25, -0.2) is 0 Å². The van der Waals surface area contributed by atoms with Gasteiger partial charge in [0.25, 0.3) is 5.91 Å². The maximum Gasteiger partial charge on any atom is 0.421 e. The Bertz CT molecular complexity index is 965. The topological polar surface area (TPSA) is 73.7 Å². The quantitative estimate of drug-likeness (QED) is 0.670. The monoisotopic (exact) mass is 462 g/mol. The Morgan fingerprint density at radius 3 is 2.18 bits per heavy atom. The summed E-state index contributed by atoms with van der Waals surface area (Å²) in [7, 11) is 0. The first-order valence-corrected chi connectivity index (χ1v) is 11.3. The summed E-state index contributed by atoms with van der Waals surface area (Å²) < 4.78 is 39.4. The minimum Gasteiger partial charge on any atom is -0.395 e. The van der Waals surface area contributed by atoms with Gasteiger partial charge >= 0.3 is 6.18 Å². The van der Waals surface area contributed by atoms with Crippen LogP contribution < -0.4 is 0 Å². The lowest BCUT2D eigenvalue weighted by Gasteiger charge is -2.43. The van der Waals surface area contributed by atoms with Crippen molar-refractivity contribution in [3.05, 3.63) is 65.5 Å². The number of rotatable bonds is 6. The van der Waals surface area contributed by atoms with E-state index >= 15 is 0 Å². The first kappa shape index (κ1) is 23.7. The molecule has 2 fully saturated rings. The van der Waals surface area contributed by atoms with Crippen LogP contribution in [0.3, 0.4) is 0 Å². The molecular weight excluding hydrogens is 433 g/mol. The van der Waals surface area contributed by atoms with Gasteiger partial charge in [-0.3, -0.25) is 9.78 Å². The predicted octanol–water partition coefficient (Wildman–Crippen LogP) is 4.33. The van der Waals surface area contributed by atoms with E-state index < -0.39 is 11.8 Å². The number of aromatic nitrogens is 1. The molecule has 1 amide bonds. The van der Waals surface area contributed by atoms with Crippen LogP contribution in [0.2, 0.25) is 0 Å². The Balaban J connectivity index is 1.50. The second kappa shape index (κ2) is 8.72. The molecule has 4 rings (SSSR count). The normalized spacial score (nSPS) is 25.3. The summed E-state index contributed by atoms with van der Waals surface area (Å²) in [6.45, 7) is 0.724. The van der Waals surface area contributed by atoms with E-state index in [1.807, 2.05) is 17.0 Å². The van der Waals surface area contributed by atoms with Gasteiger partial charge in [-0.2, -0.15) is 13.2 Å². The molecule has 1 atom stereocenters. The maximum absolute atomic E-state index is 13.4. The number of benzene rings is 1. The number of carbonyl (C=O) groups excluding carboxylic acids is 1. The van der Waals surface area contributed by atoms with E-state index in [0.717, 1.165) is 44.1 Å². The lowest BCUT2D eigenvalue weighted by atomic mass is 9.69. The highest BCUT2D eigenvalue weighted by atomic mass is 19.4. The molecule has 0 radical (unpaired) electrons. The zero-order valence-electron chi connectivity index (χ0n) is 18.6. The smallest absolute Gasteiger partial charge is 0.395 e. The number of aliphatic hydroxyl groups is 2. The largest absolute Gasteiger partial charge is 0.421 e. The van der Waals surface area contributed by atoms with E-state index in [0.29, 0.717) is 12.5 Å². The SMILES string of the molecule is C[C@](O)(c1ccc(C(=O)N(C2CC2)[C@H]2CC[C@@](CO)(c3cccnc3)CC2)cc1)C(F)(F)F.